The molecule has 1 unspecified atom stereocenters. The van der Waals surface area contributed by atoms with Crippen LogP contribution in [0.3, 0.4) is 0 Å². The fourth-order valence-corrected chi connectivity index (χ4v) is 1.85. The van der Waals surface area contributed by atoms with Crippen molar-refractivity contribution >= 4 is 0 Å². The summed E-state index contributed by atoms with van der Waals surface area (Å²) < 4.78 is 10.5. The van der Waals surface area contributed by atoms with Crippen molar-refractivity contribution in [1.29, 1.82) is 0 Å². The topological polar surface area (TPSA) is 89.9 Å². The van der Waals surface area contributed by atoms with Crippen LogP contribution in [0.4, 0.5) is 0 Å². The Bertz CT molecular complexity index is 707. The first-order chi connectivity index (χ1) is 10.3. The second kappa shape index (κ2) is 5.84. The number of nitrogens with one attached hydrogen (secondary N) is 1. The summed E-state index contributed by atoms with van der Waals surface area (Å²) in [4.78, 5) is 8.29. The first-order valence-electron chi connectivity index (χ1n) is 6.63. The molecule has 0 saturated carbocycles. The minimum absolute atomic E-state index is 0.278. The Hall–Kier alpha value is -2.54. The Morgan fingerprint density at radius 1 is 1.19 bits per heavy atom. The molecule has 3 heterocycles. The Kier molecular flexibility index (Phi) is 3.74. The van der Waals surface area contributed by atoms with E-state index >= 15 is 0 Å². The number of pyridine rings is 1. The highest BCUT2D eigenvalue weighted by Crippen LogP contribution is 2.24. The summed E-state index contributed by atoms with van der Waals surface area (Å²) in [5, 5.41) is 11.0. The maximum absolute atomic E-state index is 5.30. The maximum atomic E-state index is 5.30. The molecule has 0 bridgehead atoms. The van der Waals surface area contributed by atoms with E-state index in [-0.39, 0.29) is 6.04 Å². The van der Waals surface area contributed by atoms with Crippen molar-refractivity contribution in [2.24, 2.45) is 0 Å². The third-order valence-corrected chi connectivity index (χ3v) is 3.14. The zero-order chi connectivity index (χ0) is 14.7. The third-order valence-electron chi connectivity index (χ3n) is 3.14. The largest absolute Gasteiger partial charge is 0.355 e. The molecule has 108 valence electrons. The Labute approximate surface area is 121 Å². The Morgan fingerprint density at radius 3 is 2.76 bits per heavy atom. The second-order valence-corrected chi connectivity index (χ2v) is 4.72. The van der Waals surface area contributed by atoms with Gasteiger partial charge >= 0.3 is 0 Å². The number of hydrogen-bond acceptors (Lipinski definition) is 7. The van der Waals surface area contributed by atoms with Gasteiger partial charge in [-0.1, -0.05) is 10.3 Å². The monoisotopic (exact) mass is 285 g/mol. The molecule has 0 saturated heterocycles. The van der Waals surface area contributed by atoms with Crippen molar-refractivity contribution in [3.8, 4) is 22.9 Å². The lowest BCUT2D eigenvalue weighted by Gasteiger charge is -2.04. The molecule has 7 heteroatoms. The number of nitrogens with zero attached hydrogens (tertiary/aromatic N) is 4. The number of aromatic nitrogens is 4. The van der Waals surface area contributed by atoms with Crippen LogP contribution in [0.2, 0.25) is 0 Å². The summed E-state index contributed by atoms with van der Waals surface area (Å²) in [6, 6.07) is 5.74. The molecule has 0 aliphatic carbocycles. The molecule has 1 N–H and O–H groups in total. The quantitative estimate of drug-likeness (QED) is 0.766. The lowest BCUT2D eigenvalue weighted by atomic mass is 10.2. The minimum atomic E-state index is 0.278. The smallest absolute Gasteiger partial charge is 0.280 e. The average Bonchev–Trinajstić information content (AvgIpc) is 3.17. The predicted molar refractivity (Wildman–Crippen MR) is 75.3 cm³/mol. The molecule has 7 nitrogen and oxygen atoms in total. The molecule has 3 aromatic heterocycles. The normalized spacial score (nSPS) is 12.5. The molecule has 0 fully saturated rings. The van der Waals surface area contributed by atoms with Gasteiger partial charge < -0.3 is 14.4 Å². The summed E-state index contributed by atoms with van der Waals surface area (Å²) in [7, 11) is 1.89. The molecular weight excluding hydrogens is 270 g/mol. The van der Waals surface area contributed by atoms with Crippen molar-refractivity contribution in [3.05, 3.63) is 36.4 Å². The van der Waals surface area contributed by atoms with Gasteiger partial charge in [-0.25, -0.2) is 0 Å². The van der Waals surface area contributed by atoms with E-state index < -0.39 is 0 Å². The number of hydrogen-bond donors (Lipinski definition) is 1. The molecule has 0 amide bonds. The summed E-state index contributed by atoms with van der Waals surface area (Å²) in [6.07, 6.45) is 4.08. The van der Waals surface area contributed by atoms with E-state index in [4.69, 9.17) is 9.05 Å². The molecule has 21 heavy (non-hydrogen) atoms. The standard InChI is InChI=1S/C14H15N5O2/c1-9(15-2)7-13-17-14(21-19-13)11-8-12(20-18-11)10-3-5-16-6-4-10/h3-6,8-9,15H,7H2,1-2H3. The van der Waals surface area contributed by atoms with Gasteiger partial charge in [-0.15, -0.1) is 0 Å². The van der Waals surface area contributed by atoms with E-state index in [2.05, 4.69) is 25.6 Å². The summed E-state index contributed by atoms with van der Waals surface area (Å²) >= 11 is 0. The van der Waals surface area contributed by atoms with Crippen LogP contribution in [0.5, 0.6) is 0 Å². The highest BCUT2D eigenvalue weighted by Gasteiger charge is 2.15. The summed E-state index contributed by atoms with van der Waals surface area (Å²) in [5.41, 5.74) is 1.42. The maximum Gasteiger partial charge on any atom is 0.280 e. The molecule has 0 radical (unpaired) electrons. The first kappa shape index (κ1) is 13.4. The summed E-state index contributed by atoms with van der Waals surface area (Å²) in [5.74, 6) is 1.63. The van der Waals surface area contributed by atoms with Crippen molar-refractivity contribution in [2.75, 3.05) is 7.05 Å². The average molecular weight is 285 g/mol. The lowest BCUT2D eigenvalue weighted by Crippen LogP contribution is -2.24. The van der Waals surface area contributed by atoms with Crippen LogP contribution >= 0.6 is 0 Å². The van der Waals surface area contributed by atoms with Crippen LogP contribution in [-0.4, -0.2) is 33.4 Å². The molecule has 3 rings (SSSR count). The lowest BCUT2D eigenvalue weighted by molar-refractivity contribution is 0.404. The second-order valence-electron chi connectivity index (χ2n) is 4.72. The fourth-order valence-electron chi connectivity index (χ4n) is 1.85. The van der Waals surface area contributed by atoms with Gasteiger partial charge in [-0.3, -0.25) is 4.98 Å². The molecule has 0 aliphatic rings. The van der Waals surface area contributed by atoms with Crippen molar-refractivity contribution in [1.82, 2.24) is 25.6 Å². The van der Waals surface area contributed by atoms with Gasteiger partial charge in [-0.05, 0) is 26.1 Å². The minimum Gasteiger partial charge on any atom is -0.355 e. The molecule has 0 aliphatic heterocycles. The highest BCUT2D eigenvalue weighted by molar-refractivity contribution is 5.61. The fraction of sp³-hybridized carbons (Fsp3) is 0.286. The zero-order valence-corrected chi connectivity index (χ0v) is 11.8. The van der Waals surface area contributed by atoms with Gasteiger partial charge in [0.05, 0.1) is 0 Å². The van der Waals surface area contributed by atoms with Crippen LogP contribution in [-0.2, 0) is 6.42 Å². The van der Waals surface area contributed by atoms with Crippen LogP contribution in [0.25, 0.3) is 22.9 Å². The molecule has 0 spiro atoms. The van der Waals surface area contributed by atoms with Gasteiger partial charge in [0.25, 0.3) is 5.89 Å². The summed E-state index contributed by atoms with van der Waals surface area (Å²) in [6.45, 7) is 2.05. The van der Waals surface area contributed by atoms with Crippen molar-refractivity contribution in [3.63, 3.8) is 0 Å². The van der Waals surface area contributed by atoms with Crippen LogP contribution in [0, 0.1) is 0 Å². The van der Waals surface area contributed by atoms with Gasteiger partial charge in [0.1, 0.15) is 0 Å². The van der Waals surface area contributed by atoms with Crippen LogP contribution < -0.4 is 5.32 Å². The van der Waals surface area contributed by atoms with Crippen molar-refractivity contribution in [2.45, 2.75) is 19.4 Å². The van der Waals surface area contributed by atoms with Gasteiger partial charge in [0, 0.05) is 36.5 Å². The van der Waals surface area contributed by atoms with Crippen LogP contribution in [0.15, 0.2) is 39.6 Å². The molecule has 3 aromatic rings. The van der Waals surface area contributed by atoms with E-state index in [0.29, 0.717) is 29.6 Å². The van der Waals surface area contributed by atoms with Gasteiger partial charge in [-0.2, -0.15) is 4.98 Å². The highest BCUT2D eigenvalue weighted by atomic mass is 16.5. The first-order valence-corrected chi connectivity index (χ1v) is 6.63. The zero-order valence-electron chi connectivity index (χ0n) is 11.8. The molecule has 0 aromatic carbocycles. The van der Waals surface area contributed by atoms with E-state index in [1.165, 1.54) is 0 Å². The van der Waals surface area contributed by atoms with E-state index in [1.807, 2.05) is 26.1 Å². The van der Waals surface area contributed by atoms with Gasteiger partial charge in [0.15, 0.2) is 17.3 Å². The number of rotatable bonds is 5. The number of likely N-dealkylation sites (N-methyl/N-ethyl adjacent to an activating group) is 1. The third kappa shape index (κ3) is 2.97. The van der Waals surface area contributed by atoms with Gasteiger partial charge in [0.2, 0.25) is 0 Å². The molecular formula is C14H15N5O2. The van der Waals surface area contributed by atoms with Crippen molar-refractivity contribution < 1.29 is 9.05 Å². The van der Waals surface area contributed by atoms with E-state index in [1.54, 1.807) is 18.5 Å². The van der Waals surface area contributed by atoms with E-state index in [0.717, 1.165) is 5.56 Å². The predicted octanol–water partition coefficient (Wildman–Crippen LogP) is 1.94. The Morgan fingerprint density at radius 2 is 2.00 bits per heavy atom. The van der Waals surface area contributed by atoms with Crippen LogP contribution in [0.1, 0.15) is 12.7 Å². The van der Waals surface area contributed by atoms with E-state index in [9.17, 15) is 0 Å². The SMILES string of the molecule is CNC(C)Cc1noc(-c2cc(-c3ccncc3)on2)n1. The molecule has 1 atom stereocenters. The Balaban J connectivity index is 1.80.